The van der Waals surface area contributed by atoms with Gasteiger partial charge >= 0.3 is 6.03 Å². The molecule has 0 atom stereocenters. The van der Waals surface area contributed by atoms with Gasteiger partial charge in [0.25, 0.3) is 5.91 Å². The third-order valence-corrected chi connectivity index (χ3v) is 3.96. The quantitative estimate of drug-likeness (QED) is 0.935. The largest absolute Gasteiger partial charge is 0.443 e. The second-order valence-electron chi connectivity index (χ2n) is 5.55. The lowest BCUT2D eigenvalue weighted by atomic mass is 10.1. The zero-order valence-corrected chi connectivity index (χ0v) is 13.1. The number of hydrogen-bond acceptors (Lipinski definition) is 4. The van der Waals surface area contributed by atoms with E-state index in [2.05, 4.69) is 10.3 Å². The van der Waals surface area contributed by atoms with Crippen LogP contribution in [0.5, 0.6) is 0 Å². The summed E-state index contributed by atoms with van der Waals surface area (Å²) in [6.07, 6.45) is 2.28. The van der Waals surface area contributed by atoms with Crippen molar-refractivity contribution < 1.29 is 14.0 Å². The molecule has 0 unspecified atom stereocenters. The van der Waals surface area contributed by atoms with E-state index in [1.165, 1.54) is 6.39 Å². The van der Waals surface area contributed by atoms with Crippen molar-refractivity contribution >= 4 is 23.0 Å². The Bertz CT molecular complexity index is 704. The molecule has 3 rings (SSSR count). The maximum absolute atomic E-state index is 12.6. The second-order valence-corrected chi connectivity index (χ2v) is 5.55. The molecular weight excluding hydrogens is 296 g/mol. The molecule has 122 valence electrons. The first kappa shape index (κ1) is 15.3. The van der Waals surface area contributed by atoms with E-state index in [4.69, 9.17) is 4.42 Å². The highest BCUT2D eigenvalue weighted by Gasteiger charge is 2.24. The molecule has 7 nitrogen and oxygen atoms in total. The molecule has 1 aliphatic rings. The summed E-state index contributed by atoms with van der Waals surface area (Å²) in [5.74, 6) is -0.0445. The monoisotopic (exact) mass is 316 g/mol. The highest BCUT2D eigenvalue weighted by molar-refractivity contribution is 5.97. The topological polar surface area (TPSA) is 78.7 Å². The van der Waals surface area contributed by atoms with Crippen LogP contribution in [0.1, 0.15) is 23.7 Å². The lowest BCUT2D eigenvalue weighted by Gasteiger charge is -2.34. The van der Waals surface area contributed by atoms with E-state index in [1.807, 2.05) is 6.92 Å². The maximum atomic E-state index is 12.6. The number of piperazine rings is 1. The van der Waals surface area contributed by atoms with Crippen LogP contribution in [-0.2, 0) is 0 Å². The highest BCUT2D eigenvalue weighted by atomic mass is 16.3. The molecule has 1 N–H and O–H groups in total. The van der Waals surface area contributed by atoms with Crippen molar-refractivity contribution in [1.29, 1.82) is 0 Å². The van der Waals surface area contributed by atoms with Crippen LogP contribution in [0.3, 0.4) is 0 Å². The number of aromatic nitrogens is 1. The van der Waals surface area contributed by atoms with E-state index in [0.717, 1.165) is 11.9 Å². The molecule has 3 amide bonds. The zero-order valence-electron chi connectivity index (χ0n) is 13.1. The Kier molecular flexibility index (Phi) is 4.45. The van der Waals surface area contributed by atoms with E-state index in [1.54, 1.807) is 28.0 Å². The summed E-state index contributed by atoms with van der Waals surface area (Å²) < 4.78 is 5.24. The molecule has 1 aromatic heterocycles. The molecule has 1 fully saturated rings. The molecule has 0 radical (unpaired) electrons. The molecule has 23 heavy (non-hydrogen) atoms. The van der Waals surface area contributed by atoms with Gasteiger partial charge in [0.1, 0.15) is 5.52 Å². The van der Waals surface area contributed by atoms with Gasteiger partial charge < -0.3 is 19.5 Å². The van der Waals surface area contributed by atoms with Gasteiger partial charge in [-0.3, -0.25) is 4.79 Å². The lowest BCUT2D eigenvalue weighted by Crippen LogP contribution is -2.53. The number of nitrogens with one attached hydrogen (secondary N) is 1. The van der Waals surface area contributed by atoms with E-state index in [-0.39, 0.29) is 11.9 Å². The normalized spacial score (nSPS) is 15.0. The molecule has 2 aromatic rings. The first-order chi connectivity index (χ1) is 11.2. The van der Waals surface area contributed by atoms with Crippen LogP contribution >= 0.6 is 0 Å². The minimum Gasteiger partial charge on any atom is -0.443 e. The maximum Gasteiger partial charge on any atom is 0.317 e. The Labute approximate surface area is 134 Å². The summed E-state index contributed by atoms with van der Waals surface area (Å²) in [4.78, 5) is 32.0. The fraction of sp³-hybridized carbons (Fsp3) is 0.438. The number of nitrogens with zero attached hydrogens (tertiary/aromatic N) is 3. The number of rotatable bonds is 3. The summed E-state index contributed by atoms with van der Waals surface area (Å²) in [5, 5.41) is 2.86. The molecule has 1 aromatic carbocycles. The number of oxazole rings is 1. The van der Waals surface area contributed by atoms with Gasteiger partial charge in [0.2, 0.25) is 0 Å². The fourth-order valence-corrected chi connectivity index (χ4v) is 2.63. The Hall–Kier alpha value is -2.57. The summed E-state index contributed by atoms with van der Waals surface area (Å²) >= 11 is 0. The SMILES string of the molecule is CCCNC(=O)N1CCN(C(=O)c2ccc3ncoc3c2)CC1. The Morgan fingerprint density at radius 1 is 1.22 bits per heavy atom. The standard InChI is InChI=1S/C16H20N4O3/c1-2-5-17-16(22)20-8-6-19(7-9-20)15(21)12-3-4-13-14(10-12)23-11-18-13/h3-4,10-11H,2,5-9H2,1H3,(H,17,22). The van der Waals surface area contributed by atoms with Crippen molar-refractivity contribution in [3.05, 3.63) is 30.2 Å². The molecule has 1 saturated heterocycles. The van der Waals surface area contributed by atoms with Crippen molar-refractivity contribution in [2.45, 2.75) is 13.3 Å². The molecule has 2 heterocycles. The van der Waals surface area contributed by atoms with Crippen LogP contribution in [0.25, 0.3) is 11.1 Å². The average Bonchev–Trinajstić information content (AvgIpc) is 3.06. The molecule has 1 aliphatic heterocycles. The molecule has 0 bridgehead atoms. The number of hydrogen-bond donors (Lipinski definition) is 1. The summed E-state index contributed by atoms with van der Waals surface area (Å²) in [5.41, 5.74) is 1.92. The van der Waals surface area contributed by atoms with E-state index >= 15 is 0 Å². The van der Waals surface area contributed by atoms with Crippen LogP contribution < -0.4 is 5.32 Å². The Balaban J connectivity index is 1.60. The lowest BCUT2D eigenvalue weighted by molar-refractivity contribution is 0.0665. The number of carbonyl (C=O) groups excluding carboxylic acids is 2. The molecule has 0 spiro atoms. The van der Waals surface area contributed by atoms with Gasteiger partial charge in [-0.25, -0.2) is 9.78 Å². The minimum atomic E-state index is -0.0537. The average molecular weight is 316 g/mol. The van der Waals surface area contributed by atoms with E-state index in [0.29, 0.717) is 43.9 Å². The molecule has 0 aliphatic carbocycles. The smallest absolute Gasteiger partial charge is 0.317 e. The van der Waals surface area contributed by atoms with Gasteiger partial charge in [-0.15, -0.1) is 0 Å². The van der Waals surface area contributed by atoms with Gasteiger partial charge in [0.05, 0.1) is 0 Å². The summed E-state index contributed by atoms with van der Waals surface area (Å²) in [6, 6.07) is 5.20. The van der Waals surface area contributed by atoms with Gasteiger partial charge in [0.15, 0.2) is 12.0 Å². The summed E-state index contributed by atoms with van der Waals surface area (Å²) in [7, 11) is 0. The predicted molar refractivity (Wildman–Crippen MR) is 85.2 cm³/mol. The first-order valence-corrected chi connectivity index (χ1v) is 7.84. The molecule has 0 saturated carbocycles. The predicted octanol–water partition coefficient (Wildman–Crippen LogP) is 1.71. The van der Waals surface area contributed by atoms with Crippen molar-refractivity contribution in [3.63, 3.8) is 0 Å². The van der Waals surface area contributed by atoms with E-state index < -0.39 is 0 Å². The Morgan fingerprint density at radius 3 is 2.70 bits per heavy atom. The first-order valence-electron chi connectivity index (χ1n) is 7.84. The van der Waals surface area contributed by atoms with Crippen molar-refractivity contribution in [1.82, 2.24) is 20.1 Å². The number of fused-ring (bicyclic) bond motifs is 1. The van der Waals surface area contributed by atoms with E-state index in [9.17, 15) is 9.59 Å². The van der Waals surface area contributed by atoms with Gasteiger partial charge in [-0.1, -0.05) is 6.92 Å². The van der Waals surface area contributed by atoms with Crippen LogP contribution in [-0.4, -0.2) is 59.4 Å². The summed E-state index contributed by atoms with van der Waals surface area (Å²) in [6.45, 7) is 4.86. The van der Waals surface area contributed by atoms with Crippen molar-refractivity contribution in [2.24, 2.45) is 0 Å². The zero-order chi connectivity index (χ0) is 16.2. The van der Waals surface area contributed by atoms with Crippen LogP contribution in [0, 0.1) is 0 Å². The number of carbonyl (C=O) groups is 2. The van der Waals surface area contributed by atoms with Crippen LogP contribution in [0.2, 0.25) is 0 Å². The minimum absolute atomic E-state index is 0.0445. The fourth-order valence-electron chi connectivity index (χ4n) is 2.63. The third-order valence-electron chi connectivity index (χ3n) is 3.96. The van der Waals surface area contributed by atoms with Gasteiger partial charge in [-0.2, -0.15) is 0 Å². The highest BCUT2D eigenvalue weighted by Crippen LogP contribution is 2.16. The third kappa shape index (κ3) is 3.28. The van der Waals surface area contributed by atoms with Gasteiger partial charge in [0, 0.05) is 38.3 Å². The molecular formula is C16H20N4O3. The number of benzene rings is 1. The van der Waals surface area contributed by atoms with Crippen molar-refractivity contribution in [2.75, 3.05) is 32.7 Å². The Morgan fingerprint density at radius 2 is 1.96 bits per heavy atom. The van der Waals surface area contributed by atoms with Gasteiger partial charge in [-0.05, 0) is 24.6 Å². The van der Waals surface area contributed by atoms with Crippen LogP contribution in [0.4, 0.5) is 4.79 Å². The molecule has 7 heteroatoms. The number of urea groups is 1. The van der Waals surface area contributed by atoms with Crippen LogP contribution in [0.15, 0.2) is 29.0 Å². The van der Waals surface area contributed by atoms with Crippen molar-refractivity contribution in [3.8, 4) is 0 Å². The number of amides is 3. The second kappa shape index (κ2) is 6.68.